The van der Waals surface area contributed by atoms with E-state index in [1.165, 1.54) is 36.7 Å². The van der Waals surface area contributed by atoms with Gasteiger partial charge in [-0.1, -0.05) is 11.2 Å². The van der Waals surface area contributed by atoms with Gasteiger partial charge in [-0.2, -0.15) is 4.98 Å². The molecule has 3 aromatic rings. The van der Waals surface area contributed by atoms with Crippen LogP contribution in [0.15, 0.2) is 35.1 Å². The number of benzene rings is 1. The molecule has 0 bridgehead atoms. The fraction of sp³-hybridized carbons (Fsp3) is 0.318. The second-order valence-corrected chi connectivity index (χ2v) is 10.0. The first kappa shape index (κ1) is 25.9. The van der Waals surface area contributed by atoms with Crippen molar-refractivity contribution in [3.8, 4) is 5.88 Å². The van der Waals surface area contributed by atoms with Crippen LogP contribution in [-0.4, -0.2) is 45.9 Å². The maximum atomic E-state index is 14.7. The fourth-order valence-electron chi connectivity index (χ4n) is 3.22. The number of nitrogens with two attached hydrogens (primary N) is 1. The first-order chi connectivity index (χ1) is 16.5. The van der Waals surface area contributed by atoms with E-state index in [2.05, 4.69) is 20.1 Å². The lowest BCUT2D eigenvalue weighted by molar-refractivity contribution is 0.234. The van der Waals surface area contributed by atoms with Crippen molar-refractivity contribution in [2.24, 2.45) is 5.73 Å². The molecule has 3 rings (SSSR count). The molecule has 0 saturated heterocycles. The molecule has 1 unspecified atom stereocenters. The summed E-state index contributed by atoms with van der Waals surface area (Å²) in [7, 11) is -3.54. The number of nitrogens with zero attached hydrogens (tertiary/aromatic N) is 4. The maximum absolute atomic E-state index is 14.7. The van der Waals surface area contributed by atoms with Gasteiger partial charge >= 0.3 is 0 Å². The third-order valence-corrected chi connectivity index (χ3v) is 6.45. The van der Waals surface area contributed by atoms with Gasteiger partial charge < -0.3 is 15.0 Å². The number of amidine groups is 1. The van der Waals surface area contributed by atoms with Crippen LogP contribution in [0, 0.1) is 18.2 Å². The number of rotatable bonds is 11. The molecule has 35 heavy (non-hydrogen) atoms. The number of hydrogen-bond acceptors (Lipinski definition) is 9. The zero-order valence-corrected chi connectivity index (χ0v) is 19.8. The van der Waals surface area contributed by atoms with Gasteiger partial charge in [-0.05, 0) is 55.5 Å². The van der Waals surface area contributed by atoms with Crippen LogP contribution in [0.3, 0.4) is 0 Å². The molecule has 10 nitrogen and oxygen atoms in total. The standard InChI is InChI=1S/C22H24F2N6O4S/c1-13-29-21(34-30-13)12-33-20-11-27-18(10-28-20)17(24)9-14-6-7-16(23)15(8-14)4-3-5-19(22(25)26)35(2,31)32/h6-11,19H,3-5,12H2,1-2H3,(H3,25,26)/b17-9-. The number of sulfone groups is 1. The molecule has 0 aliphatic heterocycles. The van der Waals surface area contributed by atoms with Gasteiger partial charge in [0.2, 0.25) is 5.88 Å². The van der Waals surface area contributed by atoms with Crippen LogP contribution >= 0.6 is 0 Å². The Kier molecular flexibility index (Phi) is 8.22. The second-order valence-electron chi connectivity index (χ2n) is 7.77. The van der Waals surface area contributed by atoms with E-state index in [-0.39, 0.29) is 48.9 Å². The smallest absolute Gasteiger partial charge is 0.264 e. The number of aryl methyl sites for hydroxylation is 2. The van der Waals surface area contributed by atoms with Crippen molar-refractivity contribution in [3.05, 3.63) is 64.9 Å². The highest BCUT2D eigenvalue weighted by molar-refractivity contribution is 7.92. The average Bonchev–Trinajstić information content (AvgIpc) is 3.21. The molecule has 0 aliphatic rings. The van der Waals surface area contributed by atoms with Crippen molar-refractivity contribution in [2.45, 2.75) is 38.0 Å². The summed E-state index contributed by atoms with van der Waals surface area (Å²) in [5.41, 5.74) is 6.00. The molecule has 2 aromatic heterocycles. The Hall–Kier alpha value is -3.74. The zero-order chi connectivity index (χ0) is 25.6. The summed E-state index contributed by atoms with van der Waals surface area (Å²) in [5.74, 6) is -0.773. The minimum Gasteiger partial charge on any atom is -0.466 e. The molecular weight excluding hydrogens is 482 g/mol. The van der Waals surface area contributed by atoms with Gasteiger partial charge in [0.15, 0.2) is 28.1 Å². The van der Waals surface area contributed by atoms with Crippen LogP contribution in [-0.2, 0) is 22.9 Å². The zero-order valence-electron chi connectivity index (χ0n) is 19.0. The van der Waals surface area contributed by atoms with E-state index >= 15 is 0 Å². The van der Waals surface area contributed by atoms with Crippen molar-refractivity contribution in [2.75, 3.05) is 6.26 Å². The molecule has 0 aliphatic carbocycles. The largest absolute Gasteiger partial charge is 0.466 e. The van der Waals surface area contributed by atoms with Gasteiger partial charge in [-0.15, -0.1) is 0 Å². The van der Waals surface area contributed by atoms with Gasteiger partial charge in [0.1, 0.15) is 22.6 Å². The predicted octanol–water partition coefficient (Wildman–Crippen LogP) is 3.03. The van der Waals surface area contributed by atoms with Gasteiger partial charge in [-0.3, -0.25) is 5.41 Å². The van der Waals surface area contributed by atoms with Crippen molar-refractivity contribution in [3.63, 3.8) is 0 Å². The molecule has 3 N–H and O–H groups in total. The summed E-state index contributed by atoms with van der Waals surface area (Å²) in [5, 5.41) is 9.97. The van der Waals surface area contributed by atoms with Crippen LogP contribution in [0.1, 0.15) is 41.4 Å². The number of nitrogens with one attached hydrogen (secondary N) is 1. The van der Waals surface area contributed by atoms with E-state index in [1.807, 2.05) is 0 Å². The minimum atomic E-state index is -3.54. The highest BCUT2D eigenvalue weighted by Gasteiger charge is 2.23. The molecule has 0 saturated carbocycles. The van der Waals surface area contributed by atoms with Crippen LogP contribution in [0.25, 0.3) is 11.9 Å². The summed E-state index contributed by atoms with van der Waals surface area (Å²) in [6.07, 6.45) is 5.18. The van der Waals surface area contributed by atoms with E-state index in [0.717, 1.165) is 6.26 Å². The lowest BCUT2D eigenvalue weighted by atomic mass is 10.0. The molecule has 0 radical (unpaired) electrons. The number of ether oxygens (including phenoxy) is 1. The van der Waals surface area contributed by atoms with Crippen LogP contribution in [0.2, 0.25) is 0 Å². The summed E-state index contributed by atoms with van der Waals surface area (Å²) in [4.78, 5) is 12.0. The fourth-order valence-corrected chi connectivity index (χ4v) is 4.28. The summed E-state index contributed by atoms with van der Waals surface area (Å²) in [6, 6.07) is 4.08. The van der Waals surface area contributed by atoms with E-state index in [4.69, 9.17) is 20.4 Å². The van der Waals surface area contributed by atoms with Crippen LogP contribution in [0.4, 0.5) is 8.78 Å². The van der Waals surface area contributed by atoms with Crippen molar-refractivity contribution < 1.29 is 26.5 Å². The topological polar surface area (TPSA) is 158 Å². The van der Waals surface area contributed by atoms with Gasteiger partial charge in [0.05, 0.1) is 12.4 Å². The van der Waals surface area contributed by atoms with Crippen molar-refractivity contribution >= 4 is 27.6 Å². The summed E-state index contributed by atoms with van der Waals surface area (Å²) < 4.78 is 62.7. The van der Waals surface area contributed by atoms with E-state index in [1.54, 1.807) is 6.92 Å². The summed E-state index contributed by atoms with van der Waals surface area (Å²) in [6.45, 7) is 1.66. The lowest BCUT2D eigenvalue weighted by Crippen LogP contribution is -2.34. The molecule has 186 valence electrons. The molecule has 0 amide bonds. The SMILES string of the molecule is Cc1noc(COc2cnc(/C(F)=C/c3ccc(F)c(CCCC(C(=N)N)S(C)(=O)=O)c3)cn2)n1. The first-order valence-corrected chi connectivity index (χ1v) is 12.4. The highest BCUT2D eigenvalue weighted by Crippen LogP contribution is 2.22. The van der Waals surface area contributed by atoms with Crippen LogP contribution in [0.5, 0.6) is 5.88 Å². The predicted molar refractivity (Wildman–Crippen MR) is 124 cm³/mol. The highest BCUT2D eigenvalue weighted by atomic mass is 32.2. The molecule has 0 spiro atoms. The van der Waals surface area contributed by atoms with E-state index in [9.17, 15) is 17.2 Å². The number of aromatic nitrogens is 4. The summed E-state index contributed by atoms with van der Waals surface area (Å²) >= 11 is 0. The molecule has 1 aromatic carbocycles. The second kappa shape index (κ2) is 11.1. The lowest BCUT2D eigenvalue weighted by Gasteiger charge is -2.13. The third kappa shape index (κ3) is 7.37. The molecule has 0 fully saturated rings. The average molecular weight is 507 g/mol. The molecular formula is C22H24F2N6O4S. The Balaban J connectivity index is 1.64. The Morgan fingerprint density at radius 2 is 2.09 bits per heavy atom. The monoisotopic (exact) mass is 506 g/mol. The quantitative estimate of drug-likeness (QED) is 0.294. The molecule has 2 heterocycles. The Morgan fingerprint density at radius 1 is 1.31 bits per heavy atom. The molecule has 1 atom stereocenters. The Labute approximate surface area is 200 Å². The third-order valence-electron chi connectivity index (χ3n) is 4.93. The van der Waals surface area contributed by atoms with Gasteiger partial charge in [0, 0.05) is 6.26 Å². The van der Waals surface area contributed by atoms with E-state index in [0.29, 0.717) is 11.4 Å². The number of hydrogen-bond donors (Lipinski definition) is 2. The van der Waals surface area contributed by atoms with Gasteiger partial charge in [0.25, 0.3) is 5.89 Å². The Bertz CT molecular complexity index is 1330. The number of halogens is 2. The Morgan fingerprint density at radius 3 is 2.69 bits per heavy atom. The van der Waals surface area contributed by atoms with Crippen molar-refractivity contribution in [1.82, 2.24) is 20.1 Å². The van der Waals surface area contributed by atoms with Crippen LogP contribution < -0.4 is 10.5 Å². The first-order valence-electron chi connectivity index (χ1n) is 10.5. The minimum absolute atomic E-state index is 0.0110. The van der Waals surface area contributed by atoms with Crippen molar-refractivity contribution in [1.29, 1.82) is 5.41 Å². The molecule has 13 heteroatoms. The van der Waals surface area contributed by atoms with E-state index < -0.39 is 32.6 Å². The normalized spacial score (nSPS) is 13.0. The maximum Gasteiger partial charge on any atom is 0.264 e. The van der Waals surface area contributed by atoms with Gasteiger partial charge in [-0.25, -0.2) is 27.2 Å².